The summed E-state index contributed by atoms with van der Waals surface area (Å²) in [5.41, 5.74) is 3.88. The van der Waals surface area contributed by atoms with E-state index in [0.29, 0.717) is 51.5 Å². The van der Waals surface area contributed by atoms with Gasteiger partial charge >= 0.3 is 0 Å². The summed E-state index contributed by atoms with van der Waals surface area (Å²) in [7, 11) is 0. The summed E-state index contributed by atoms with van der Waals surface area (Å²) >= 11 is 0. The molecular formula is C32H37N3O5. The van der Waals surface area contributed by atoms with Crippen LogP contribution in [-0.4, -0.2) is 35.5 Å². The Balaban J connectivity index is 1.19. The van der Waals surface area contributed by atoms with E-state index in [2.05, 4.69) is 16.0 Å². The van der Waals surface area contributed by atoms with E-state index in [0.717, 1.165) is 41.5 Å². The number of benzene rings is 2. The van der Waals surface area contributed by atoms with Crippen molar-refractivity contribution in [3.63, 3.8) is 0 Å². The van der Waals surface area contributed by atoms with Crippen molar-refractivity contribution in [1.29, 1.82) is 0 Å². The van der Waals surface area contributed by atoms with E-state index in [1.165, 1.54) is 0 Å². The minimum Gasteiger partial charge on any atom is -0.350 e. The van der Waals surface area contributed by atoms with Gasteiger partial charge in [-0.05, 0) is 74.5 Å². The lowest BCUT2D eigenvalue weighted by Crippen LogP contribution is -2.47. The second-order valence-electron chi connectivity index (χ2n) is 11.4. The lowest BCUT2D eigenvalue weighted by atomic mass is 9.75. The summed E-state index contributed by atoms with van der Waals surface area (Å²) in [6.45, 7) is 0.407. The van der Waals surface area contributed by atoms with E-state index in [4.69, 9.17) is 0 Å². The second kappa shape index (κ2) is 12.6. The standard InChI is InChI=1S/C32H37N3O5/c36-28-17-15-24(31(39)35-28)18-23-14-16-25-21(8-4-10-26(25)29(23)37)9-5-11-27(34-30(38)22-12-13-22)32(40)33-19-20-6-2-1-3-7-20/h1-4,6-8,10,22-24,27H,5,9,11-19H2,(H,33,40)(H,34,38)(H,35,36,39)/t23?,24?,27-/m0/s1. The number of nitrogens with one attached hydrogen (secondary N) is 3. The first kappa shape index (κ1) is 27.7. The van der Waals surface area contributed by atoms with Gasteiger partial charge in [0.25, 0.3) is 0 Å². The minimum atomic E-state index is -0.601. The molecule has 0 spiro atoms. The van der Waals surface area contributed by atoms with Crippen LogP contribution >= 0.6 is 0 Å². The Morgan fingerprint density at radius 1 is 0.900 bits per heavy atom. The highest BCUT2D eigenvalue weighted by atomic mass is 16.2. The van der Waals surface area contributed by atoms with Crippen LogP contribution in [-0.2, 0) is 38.6 Å². The van der Waals surface area contributed by atoms with Crippen LogP contribution in [0.25, 0.3) is 0 Å². The number of Topliss-reactive ketones (excluding diaryl/α,β-unsaturated/α-hetero) is 1. The van der Waals surface area contributed by atoms with Gasteiger partial charge in [-0.1, -0.05) is 48.5 Å². The molecule has 2 fully saturated rings. The largest absolute Gasteiger partial charge is 0.350 e. The van der Waals surface area contributed by atoms with Crippen LogP contribution < -0.4 is 16.0 Å². The quantitative estimate of drug-likeness (QED) is 0.375. The molecule has 8 heteroatoms. The number of rotatable bonds is 11. The van der Waals surface area contributed by atoms with Crippen LogP contribution in [0.15, 0.2) is 48.5 Å². The Hall–Kier alpha value is -3.81. The molecule has 1 saturated heterocycles. The van der Waals surface area contributed by atoms with Crippen molar-refractivity contribution in [3.05, 3.63) is 70.8 Å². The number of fused-ring (bicyclic) bond motifs is 1. The fraction of sp³-hybridized carbons (Fsp3) is 0.469. The maximum atomic E-state index is 13.4. The zero-order valence-corrected chi connectivity index (χ0v) is 22.7. The Bertz CT molecular complexity index is 1290. The highest BCUT2D eigenvalue weighted by Crippen LogP contribution is 2.34. The molecular weight excluding hydrogens is 506 g/mol. The molecule has 0 bridgehead atoms. The molecule has 8 nitrogen and oxygen atoms in total. The third kappa shape index (κ3) is 6.84. The van der Waals surface area contributed by atoms with Gasteiger partial charge in [-0.2, -0.15) is 0 Å². The van der Waals surface area contributed by atoms with Gasteiger partial charge in [-0.15, -0.1) is 0 Å². The molecule has 1 aliphatic heterocycles. The first-order chi connectivity index (χ1) is 19.4. The van der Waals surface area contributed by atoms with Gasteiger partial charge in [0.2, 0.25) is 23.6 Å². The molecule has 3 N–H and O–H groups in total. The Morgan fingerprint density at radius 2 is 1.68 bits per heavy atom. The van der Waals surface area contributed by atoms with Crippen LogP contribution in [0.4, 0.5) is 0 Å². The monoisotopic (exact) mass is 543 g/mol. The van der Waals surface area contributed by atoms with Crippen LogP contribution in [0, 0.1) is 17.8 Å². The molecule has 0 radical (unpaired) electrons. The Kier molecular flexibility index (Phi) is 8.72. The summed E-state index contributed by atoms with van der Waals surface area (Å²) < 4.78 is 0. The summed E-state index contributed by atoms with van der Waals surface area (Å²) in [6.07, 6.45) is 6.39. The smallest absolute Gasteiger partial charge is 0.242 e. The van der Waals surface area contributed by atoms with Crippen molar-refractivity contribution < 1.29 is 24.0 Å². The fourth-order valence-electron chi connectivity index (χ4n) is 5.90. The van der Waals surface area contributed by atoms with E-state index in [1.807, 2.05) is 48.5 Å². The van der Waals surface area contributed by atoms with Gasteiger partial charge in [0.1, 0.15) is 6.04 Å². The molecule has 2 aromatic rings. The molecule has 2 unspecified atom stereocenters. The number of piperidine rings is 1. The van der Waals surface area contributed by atoms with Crippen molar-refractivity contribution in [2.75, 3.05) is 0 Å². The van der Waals surface area contributed by atoms with Crippen molar-refractivity contribution in [1.82, 2.24) is 16.0 Å². The number of hydrogen-bond donors (Lipinski definition) is 3. The molecule has 210 valence electrons. The van der Waals surface area contributed by atoms with Crippen molar-refractivity contribution in [3.8, 4) is 0 Å². The first-order valence-corrected chi connectivity index (χ1v) is 14.5. The first-order valence-electron chi connectivity index (χ1n) is 14.5. The minimum absolute atomic E-state index is 0.0182. The summed E-state index contributed by atoms with van der Waals surface area (Å²) in [4.78, 5) is 62.6. The molecule has 2 aliphatic carbocycles. The molecule has 3 atom stereocenters. The van der Waals surface area contributed by atoms with Crippen LogP contribution in [0.1, 0.15) is 78.4 Å². The molecule has 5 rings (SSSR count). The fourth-order valence-corrected chi connectivity index (χ4v) is 5.90. The van der Waals surface area contributed by atoms with Gasteiger partial charge in [0, 0.05) is 36.3 Å². The molecule has 3 aliphatic rings. The van der Waals surface area contributed by atoms with Gasteiger partial charge in [0.05, 0.1) is 0 Å². The average molecular weight is 544 g/mol. The zero-order valence-electron chi connectivity index (χ0n) is 22.7. The molecule has 40 heavy (non-hydrogen) atoms. The van der Waals surface area contributed by atoms with Crippen molar-refractivity contribution in [2.24, 2.45) is 17.8 Å². The average Bonchev–Trinajstić information content (AvgIpc) is 3.81. The number of aryl methyl sites for hydroxylation is 1. The van der Waals surface area contributed by atoms with Gasteiger partial charge in [-0.3, -0.25) is 29.3 Å². The maximum absolute atomic E-state index is 13.4. The van der Waals surface area contributed by atoms with Crippen molar-refractivity contribution >= 4 is 29.4 Å². The number of carbonyl (C=O) groups excluding carboxylic acids is 5. The number of amides is 4. The van der Waals surface area contributed by atoms with Crippen LogP contribution in [0.3, 0.4) is 0 Å². The molecule has 1 heterocycles. The third-order valence-electron chi connectivity index (χ3n) is 8.40. The SMILES string of the molecule is O=C1CCC(CC2CCc3c(CCC[C@H](NC(=O)C4CC4)C(=O)NCc4ccccc4)cccc3C2=O)C(=O)N1. The molecule has 4 amide bonds. The van der Waals surface area contributed by atoms with E-state index >= 15 is 0 Å². The lowest BCUT2D eigenvalue weighted by molar-refractivity contribution is -0.136. The Labute approximate surface area is 234 Å². The summed E-state index contributed by atoms with van der Waals surface area (Å²) in [5.74, 6) is -1.17. The zero-order chi connectivity index (χ0) is 28.1. The van der Waals surface area contributed by atoms with E-state index in [1.54, 1.807) is 0 Å². The summed E-state index contributed by atoms with van der Waals surface area (Å²) in [5, 5.41) is 8.32. The summed E-state index contributed by atoms with van der Waals surface area (Å²) in [6, 6.07) is 14.9. The number of carbonyl (C=O) groups is 5. The topological polar surface area (TPSA) is 121 Å². The van der Waals surface area contributed by atoms with Crippen LogP contribution in [0.5, 0.6) is 0 Å². The van der Waals surface area contributed by atoms with Crippen LogP contribution in [0.2, 0.25) is 0 Å². The third-order valence-corrected chi connectivity index (χ3v) is 8.40. The highest BCUT2D eigenvalue weighted by molar-refractivity contribution is 6.02. The lowest BCUT2D eigenvalue weighted by Gasteiger charge is -2.29. The Morgan fingerprint density at radius 3 is 2.42 bits per heavy atom. The number of imide groups is 1. The van der Waals surface area contributed by atoms with E-state index < -0.39 is 6.04 Å². The predicted octanol–water partition coefficient (Wildman–Crippen LogP) is 3.41. The van der Waals surface area contributed by atoms with Gasteiger partial charge < -0.3 is 10.6 Å². The number of hydrogen-bond acceptors (Lipinski definition) is 5. The maximum Gasteiger partial charge on any atom is 0.242 e. The van der Waals surface area contributed by atoms with Gasteiger partial charge in [-0.25, -0.2) is 0 Å². The molecule has 0 aromatic heterocycles. The normalized spacial score (nSPS) is 21.2. The van der Waals surface area contributed by atoms with E-state index in [-0.39, 0.29) is 47.2 Å². The molecule has 2 aromatic carbocycles. The molecule has 1 saturated carbocycles. The highest BCUT2D eigenvalue weighted by Gasteiger charge is 2.35. The predicted molar refractivity (Wildman–Crippen MR) is 149 cm³/mol. The second-order valence-corrected chi connectivity index (χ2v) is 11.4. The number of ketones is 1. The van der Waals surface area contributed by atoms with Gasteiger partial charge in [0.15, 0.2) is 5.78 Å². The van der Waals surface area contributed by atoms with Crippen molar-refractivity contribution in [2.45, 2.75) is 76.8 Å². The van der Waals surface area contributed by atoms with E-state index in [9.17, 15) is 24.0 Å².